The number of halogens is 2. The summed E-state index contributed by atoms with van der Waals surface area (Å²) >= 11 is 14.1. The fourth-order valence-electron chi connectivity index (χ4n) is 2.93. The van der Waals surface area contributed by atoms with E-state index >= 15 is 0 Å². The van der Waals surface area contributed by atoms with Gasteiger partial charge in [0, 0.05) is 28.8 Å². The van der Waals surface area contributed by atoms with Gasteiger partial charge in [-0.1, -0.05) is 50.1 Å². The lowest BCUT2D eigenvalue weighted by atomic mass is 9.97. The quantitative estimate of drug-likeness (QED) is 0.244. The SMILES string of the molecule is CC/C=C(\C=N)C(O)CC(=CSCC(CC)CCC(C)Cl)c1cccc(Cl)c1. The molecule has 5 heteroatoms. The molecule has 0 aliphatic carbocycles. The molecule has 156 valence electrons. The molecule has 0 fully saturated rings. The number of allylic oxidation sites excluding steroid dienone is 1. The number of rotatable bonds is 13. The number of hydrogen-bond acceptors (Lipinski definition) is 3. The van der Waals surface area contributed by atoms with Crippen molar-refractivity contribution in [1.29, 1.82) is 5.41 Å². The normalized spacial score (nSPS) is 15.9. The van der Waals surface area contributed by atoms with Crippen LogP contribution in [0, 0.1) is 11.3 Å². The highest BCUT2D eigenvalue weighted by Crippen LogP contribution is 2.29. The predicted octanol–water partition coefficient (Wildman–Crippen LogP) is 7.58. The Morgan fingerprint density at radius 3 is 2.61 bits per heavy atom. The summed E-state index contributed by atoms with van der Waals surface area (Å²) in [7, 11) is 0. The van der Waals surface area contributed by atoms with Crippen LogP contribution in [0.3, 0.4) is 0 Å². The Labute approximate surface area is 184 Å². The average Bonchev–Trinajstić information content (AvgIpc) is 2.67. The molecule has 0 aliphatic heterocycles. The van der Waals surface area contributed by atoms with Crippen molar-refractivity contribution in [2.45, 2.75) is 64.4 Å². The number of thioether (sulfide) groups is 1. The van der Waals surface area contributed by atoms with Crippen molar-refractivity contribution in [3.63, 3.8) is 0 Å². The van der Waals surface area contributed by atoms with Gasteiger partial charge in [-0.05, 0) is 66.4 Å². The summed E-state index contributed by atoms with van der Waals surface area (Å²) in [4.78, 5) is 0. The van der Waals surface area contributed by atoms with E-state index in [-0.39, 0.29) is 5.38 Å². The molecule has 2 N–H and O–H groups in total. The number of alkyl halides is 1. The standard InChI is InChI=1S/C23H33Cl2NOS/c1-4-7-20(14-26)23(27)13-21(19-8-6-9-22(25)12-19)16-28-15-18(5-2)11-10-17(3)24/h6-9,12,14,16-18,23,26-27H,4-5,10-11,13,15H2,1-3H3/b20-7+,21-16?,26-14?. The van der Waals surface area contributed by atoms with Gasteiger partial charge in [-0.3, -0.25) is 0 Å². The highest BCUT2D eigenvalue weighted by atomic mass is 35.5. The van der Waals surface area contributed by atoms with Crippen LogP contribution in [0.1, 0.15) is 58.4 Å². The van der Waals surface area contributed by atoms with Crippen LogP contribution >= 0.6 is 35.0 Å². The Hall–Kier alpha value is -0.740. The zero-order chi connectivity index (χ0) is 20.9. The number of benzene rings is 1. The van der Waals surface area contributed by atoms with E-state index in [0.717, 1.165) is 42.6 Å². The van der Waals surface area contributed by atoms with Crippen LogP contribution in [0.15, 0.2) is 41.3 Å². The van der Waals surface area contributed by atoms with Crippen LogP contribution in [-0.2, 0) is 0 Å². The molecule has 0 heterocycles. The van der Waals surface area contributed by atoms with E-state index in [4.69, 9.17) is 28.6 Å². The Morgan fingerprint density at radius 1 is 1.29 bits per heavy atom. The van der Waals surface area contributed by atoms with Crippen molar-refractivity contribution in [1.82, 2.24) is 0 Å². The molecule has 1 aromatic carbocycles. The van der Waals surface area contributed by atoms with E-state index in [2.05, 4.69) is 12.3 Å². The second kappa shape index (κ2) is 14.3. The Kier molecular flexibility index (Phi) is 12.9. The Bertz CT molecular complexity index is 658. The second-order valence-corrected chi connectivity index (χ2v) is 9.18. The molecule has 0 radical (unpaired) electrons. The van der Waals surface area contributed by atoms with Crippen LogP contribution in [0.2, 0.25) is 5.02 Å². The van der Waals surface area contributed by atoms with Gasteiger partial charge in [-0.25, -0.2) is 0 Å². The van der Waals surface area contributed by atoms with Gasteiger partial charge in [0.25, 0.3) is 0 Å². The summed E-state index contributed by atoms with van der Waals surface area (Å²) < 4.78 is 0. The number of aliphatic hydroxyl groups excluding tert-OH is 1. The van der Waals surface area contributed by atoms with Crippen LogP contribution in [-0.4, -0.2) is 28.6 Å². The van der Waals surface area contributed by atoms with E-state index in [0.29, 0.717) is 22.9 Å². The van der Waals surface area contributed by atoms with Crippen molar-refractivity contribution < 1.29 is 5.11 Å². The van der Waals surface area contributed by atoms with Crippen molar-refractivity contribution in [2.75, 3.05) is 5.75 Å². The van der Waals surface area contributed by atoms with E-state index in [1.807, 2.05) is 44.2 Å². The fraction of sp³-hybridized carbons (Fsp3) is 0.522. The predicted molar refractivity (Wildman–Crippen MR) is 128 cm³/mol. The molecule has 2 nitrogen and oxygen atoms in total. The zero-order valence-electron chi connectivity index (χ0n) is 17.1. The molecule has 0 spiro atoms. The lowest BCUT2D eigenvalue weighted by Crippen LogP contribution is -2.12. The first-order valence-corrected chi connectivity index (χ1v) is 11.9. The first kappa shape index (κ1) is 25.3. The molecule has 0 saturated heterocycles. The van der Waals surface area contributed by atoms with Crippen molar-refractivity contribution in [3.8, 4) is 0 Å². The Morgan fingerprint density at radius 2 is 2.04 bits per heavy atom. The van der Waals surface area contributed by atoms with Crippen LogP contribution < -0.4 is 0 Å². The largest absolute Gasteiger partial charge is 0.388 e. The van der Waals surface area contributed by atoms with E-state index in [1.165, 1.54) is 6.21 Å². The van der Waals surface area contributed by atoms with Crippen LogP contribution in [0.4, 0.5) is 0 Å². The maximum absolute atomic E-state index is 10.6. The third-order valence-corrected chi connectivity index (χ3v) is 6.28. The van der Waals surface area contributed by atoms with E-state index in [9.17, 15) is 5.11 Å². The zero-order valence-corrected chi connectivity index (χ0v) is 19.5. The summed E-state index contributed by atoms with van der Waals surface area (Å²) in [6.45, 7) is 6.28. The summed E-state index contributed by atoms with van der Waals surface area (Å²) in [5, 5.41) is 21.2. The molecule has 0 aliphatic rings. The monoisotopic (exact) mass is 441 g/mol. The second-order valence-electron chi connectivity index (χ2n) is 7.10. The minimum atomic E-state index is -0.692. The molecule has 0 saturated carbocycles. The lowest BCUT2D eigenvalue weighted by molar-refractivity contribution is 0.223. The number of hydrogen-bond donors (Lipinski definition) is 2. The van der Waals surface area contributed by atoms with Gasteiger partial charge >= 0.3 is 0 Å². The minimum absolute atomic E-state index is 0.219. The smallest absolute Gasteiger partial charge is 0.0842 e. The molecular weight excluding hydrogens is 409 g/mol. The van der Waals surface area contributed by atoms with Gasteiger partial charge in [0.15, 0.2) is 0 Å². The van der Waals surface area contributed by atoms with Gasteiger partial charge in [0.1, 0.15) is 0 Å². The van der Waals surface area contributed by atoms with Crippen LogP contribution in [0.25, 0.3) is 5.57 Å². The van der Waals surface area contributed by atoms with Crippen molar-refractivity contribution in [3.05, 3.63) is 51.9 Å². The minimum Gasteiger partial charge on any atom is -0.388 e. The third kappa shape index (κ3) is 9.65. The molecule has 28 heavy (non-hydrogen) atoms. The maximum atomic E-state index is 10.6. The highest BCUT2D eigenvalue weighted by molar-refractivity contribution is 8.02. The van der Waals surface area contributed by atoms with Gasteiger partial charge in [-0.15, -0.1) is 23.4 Å². The molecule has 1 aromatic rings. The molecule has 3 unspecified atom stereocenters. The summed E-state index contributed by atoms with van der Waals surface area (Å²) in [5.41, 5.74) is 2.72. The van der Waals surface area contributed by atoms with Crippen molar-refractivity contribution >= 4 is 46.8 Å². The number of nitrogens with one attached hydrogen (secondary N) is 1. The lowest BCUT2D eigenvalue weighted by Gasteiger charge is -2.17. The molecule has 3 atom stereocenters. The van der Waals surface area contributed by atoms with Crippen LogP contribution in [0.5, 0.6) is 0 Å². The van der Waals surface area contributed by atoms with Gasteiger partial charge < -0.3 is 10.5 Å². The molecule has 0 aromatic heterocycles. The fourth-order valence-corrected chi connectivity index (χ4v) is 4.45. The van der Waals surface area contributed by atoms with Crippen molar-refractivity contribution in [2.24, 2.45) is 5.92 Å². The highest BCUT2D eigenvalue weighted by Gasteiger charge is 2.14. The molecule has 1 rings (SSSR count). The van der Waals surface area contributed by atoms with Gasteiger partial charge in [0.2, 0.25) is 0 Å². The topological polar surface area (TPSA) is 44.1 Å². The third-order valence-electron chi connectivity index (χ3n) is 4.71. The Balaban J connectivity index is 2.93. The molecular formula is C23H33Cl2NOS. The number of aliphatic hydroxyl groups is 1. The summed E-state index contributed by atoms with van der Waals surface area (Å²) in [5.74, 6) is 1.66. The van der Waals surface area contributed by atoms with E-state index < -0.39 is 6.10 Å². The van der Waals surface area contributed by atoms with E-state index in [1.54, 1.807) is 11.8 Å². The summed E-state index contributed by atoms with van der Waals surface area (Å²) in [6.07, 6.45) is 7.02. The van der Waals surface area contributed by atoms with Gasteiger partial charge in [-0.2, -0.15) is 0 Å². The van der Waals surface area contributed by atoms with Gasteiger partial charge in [0.05, 0.1) is 6.10 Å². The molecule has 0 amide bonds. The first-order valence-electron chi connectivity index (χ1n) is 10.00. The first-order chi connectivity index (χ1) is 13.4. The molecule has 0 bridgehead atoms. The summed E-state index contributed by atoms with van der Waals surface area (Å²) in [6, 6.07) is 7.73. The average molecular weight is 442 g/mol. The maximum Gasteiger partial charge on any atom is 0.0842 e.